The highest BCUT2D eigenvalue weighted by Gasteiger charge is 2.21. The molecule has 0 atom stereocenters. The summed E-state index contributed by atoms with van der Waals surface area (Å²) in [4.78, 5) is 2.44. The summed E-state index contributed by atoms with van der Waals surface area (Å²) in [5.41, 5.74) is 10.1. The van der Waals surface area contributed by atoms with Crippen molar-refractivity contribution in [1.82, 2.24) is 0 Å². The van der Waals surface area contributed by atoms with Gasteiger partial charge in [-0.25, -0.2) is 0 Å². The molecule has 0 fully saturated rings. The van der Waals surface area contributed by atoms with Crippen LogP contribution in [0.25, 0.3) is 76.9 Å². The van der Waals surface area contributed by atoms with Gasteiger partial charge in [-0.05, 0) is 86.3 Å². The fourth-order valence-corrected chi connectivity index (χ4v) is 7.76. The van der Waals surface area contributed by atoms with Crippen LogP contribution in [0.1, 0.15) is 0 Å². The second kappa shape index (κ2) is 12.5. The summed E-state index contributed by atoms with van der Waals surface area (Å²) in [7, 11) is 0. The quantitative estimate of drug-likeness (QED) is 0.165. The summed E-state index contributed by atoms with van der Waals surface area (Å²) in [6, 6.07) is 71.8. The molecule has 2 nitrogen and oxygen atoms in total. The van der Waals surface area contributed by atoms with Gasteiger partial charge in [0.25, 0.3) is 0 Å². The van der Waals surface area contributed by atoms with Gasteiger partial charge in [-0.3, -0.25) is 0 Å². The molecule has 0 N–H and O–H groups in total. The Balaban J connectivity index is 1.18. The van der Waals surface area contributed by atoms with Crippen LogP contribution in [0, 0.1) is 0 Å². The topological polar surface area (TPSA) is 16.4 Å². The molecule has 0 bridgehead atoms. The first-order valence-electron chi connectivity index (χ1n) is 17.8. The number of anilines is 3. The van der Waals surface area contributed by atoms with Gasteiger partial charge in [0, 0.05) is 27.4 Å². The number of fused-ring (bicyclic) bond motifs is 5. The maximum atomic E-state index is 6.28. The molecule has 9 aromatic carbocycles. The normalized spacial score (nSPS) is 11.5. The van der Waals surface area contributed by atoms with Crippen LogP contribution >= 0.6 is 0 Å². The van der Waals surface area contributed by atoms with Crippen LogP contribution in [0.5, 0.6) is 0 Å². The summed E-state index contributed by atoms with van der Waals surface area (Å²) in [6.07, 6.45) is 0. The molecule has 0 radical (unpaired) electrons. The first kappa shape index (κ1) is 30.0. The van der Waals surface area contributed by atoms with E-state index in [1.807, 2.05) is 18.2 Å². The Kier molecular flexibility index (Phi) is 7.18. The Bertz CT molecular complexity index is 2870. The first-order valence-corrected chi connectivity index (χ1v) is 17.8. The molecular formula is C50H33NO. The fraction of sp³-hybridized carbons (Fsp3) is 0. The molecule has 0 aliphatic heterocycles. The molecule has 52 heavy (non-hydrogen) atoms. The average molecular weight is 664 g/mol. The van der Waals surface area contributed by atoms with Crippen LogP contribution in [0.2, 0.25) is 0 Å². The number of para-hydroxylation sites is 1. The molecule has 244 valence electrons. The lowest BCUT2D eigenvalue weighted by atomic mass is 9.94. The minimum absolute atomic E-state index is 0.872. The van der Waals surface area contributed by atoms with Crippen molar-refractivity contribution in [2.24, 2.45) is 0 Å². The summed E-state index contributed by atoms with van der Waals surface area (Å²) in [5.74, 6) is 0.872. The molecule has 1 aromatic heterocycles. The Morgan fingerprint density at radius 3 is 1.71 bits per heavy atom. The van der Waals surface area contributed by atoms with Crippen molar-refractivity contribution in [1.29, 1.82) is 0 Å². The number of furan rings is 1. The molecule has 0 saturated carbocycles. The van der Waals surface area contributed by atoms with Crippen molar-refractivity contribution in [3.05, 3.63) is 200 Å². The van der Waals surface area contributed by atoms with Crippen LogP contribution in [0.4, 0.5) is 17.1 Å². The van der Waals surface area contributed by atoms with Crippen molar-refractivity contribution in [2.45, 2.75) is 0 Å². The zero-order chi connectivity index (χ0) is 34.4. The molecule has 0 aliphatic carbocycles. The van der Waals surface area contributed by atoms with Gasteiger partial charge < -0.3 is 9.32 Å². The molecule has 0 unspecified atom stereocenters. The third kappa shape index (κ3) is 5.12. The van der Waals surface area contributed by atoms with E-state index in [4.69, 9.17) is 4.42 Å². The van der Waals surface area contributed by atoms with Crippen LogP contribution < -0.4 is 4.90 Å². The van der Waals surface area contributed by atoms with E-state index in [0.717, 1.165) is 44.9 Å². The molecule has 0 aliphatic rings. The Labute approximate surface area is 302 Å². The number of hydrogen-bond acceptors (Lipinski definition) is 2. The summed E-state index contributed by atoms with van der Waals surface area (Å²) >= 11 is 0. The highest BCUT2D eigenvalue weighted by Crippen LogP contribution is 2.46. The monoisotopic (exact) mass is 663 g/mol. The highest BCUT2D eigenvalue weighted by molar-refractivity contribution is 6.16. The highest BCUT2D eigenvalue weighted by atomic mass is 16.3. The molecule has 1 heterocycles. The lowest BCUT2D eigenvalue weighted by Crippen LogP contribution is -2.11. The van der Waals surface area contributed by atoms with Gasteiger partial charge in [-0.2, -0.15) is 0 Å². The van der Waals surface area contributed by atoms with Crippen molar-refractivity contribution >= 4 is 60.3 Å². The van der Waals surface area contributed by atoms with Crippen LogP contribution in [-0.4, -0.2) is 0 Å². The van der Waals surface area contributed by atoms with E-state index in [0.29, 0.717) is 0 Å². The number of hydrogen-bond donors (Lipinski definition) is 0. The van der Waals surface area contributed by atoms with Gasteiger partial charge in [-0.1, -0.05) is 158 Å². The predicted molar refractivity (Wildman–Crippen MR) is 220 cm³/mol. The fourth-order valence-electron chi connectivity index (χ4n) is 7.76. The summed E-state index contributed by atoms with van der Waals surface area (Å²) in [5, 5.41) is 8.40. The smallest absolute Gasteiger partial charge is 0.135 e. The number of benzene rings is 9. The first-order chi connectivity index (χ1) is 25.8. The predicted octanol–water partition coefficient (Wildman–Crippen LogP) is 14.4. The second-order valence-corrected chi connectivity index (χ2v) is 13.3. The zero-order valence-corrected chi connectivity index (χ0v) is 28.4. The molecule has 10 aromatic rings. The van der Waals surface area contributed by atoms with Gasteiger partial charge in [0.2, 0.25) is 0 Å². The van der Waals surface area contributed by atoms with Gasteiger partial charge in [-0.15, -0.1) is 0 Å². The standard InChI is InChI=1S/C50H33NO/c1-2-13-34(14-3-1)35-25-27-40(28-26-35)51(48-32-37-15-4-6-19-41(37)43-20-8-10-23-46(43)48)47-30-29-42(44-21-7-9-22-45(44)47)36-17-12-18-38(31-36)50-33-39-16-5-11-24-49(39)52-50/h1-33H. The third-order valence-corrected chi connectivity index (χ3v) is 10.2. The SMILES string of the molecule is c1ccc(-c2ccc(N(c3ccc(-c4cccc(-c5cc6ccccc6o5)c4)c4ccccc34)c3cc4ccccc4c4ccccc34)cc2)cc1. The number of rotatable bonds is 6. The average Bonchev–Trinajstić information content (AvgIpc) is 3.66. The van der Waals surface area contributed by atoms with Crippen molar-refractivity contribution in [3.8, 4) is 33.6 Å². The van der Waals surface area contributed by atoms with Crippen LogP contribution in [0.3, 0.4) is 0 Å². The lowest BCUT2D eigenvalue weighted by Gasteiger charge is -2.29. The molecule has 2 heteroatoms. The van der Waals surface area contributed by atoms with E-state index >= 15 is 0 Å². The van der Waals surface area contributed by atoms with E-state index in [1.54, 1.807) is 0 Å². The lowest BCUT2D eigenvalue weighted by molar-refractivity contribution is 0.631. The van der Waals surface area contributed by atoms with Crippen molar-refractivity contribution in [2.75, 3.05) is 4.90 Å². The molecular weight excluding hydrogens is 631 g/mol. The molecule has 0 saturated heterocycles. The molecule has 0 spiro atoms. The van der Waals surface area contributed by atoms with Crippen LogP contribution in [0.15, 0.2) is 205 Å². The van der Waals surface area contributed by atoms with E-state index in [2.05, 4.69) is 187 Å². The zero-order valence-electron chi connectivity index (χ0n) is 28.4. The van der Waals surface area contributed by atoms with E-state index in [9.17, 15) is 0 Å². The second-order valence-electron chi connectivity index (χ2n) is 13.3. The Hall–Kier alpha value is -6.90. The van der Waals surface area contributed by atoms with Gasteiger partial charge in [0.05, 0.1) is 11.4 Å². The Morgan fingerprint density at radius 2 is 0.923 bits per heavy atom. The van der Waals surface area contributed by atoms with E-state index < -0.39 is 0 Å². The van der Waals surface area contributed by atoms with Gasteiger partial charge in [0.1, 0.15) is 11.3 Å². The largest absolute Gasteiger partial charge is 0.456 e. The van der Waals surface area contributed by atoms with Gasteiger partial charge >= 0.3 is 0 Å². The van der Waals surface area contributed by atoms with Crippen LogP contribution in [-0.2, 0) is 0 Å². The molecule has 10 rings (SSSR count). The summed E-state index contributed by atoms with van der Waals surface area (Å²) < 4.78 is 6.28. The minimum Gasteiger partial charge on any atom is -0.456 e. The van der Waals surface area contributed by atoms with Gasteiger partial charge in [0.15, 0.2) is 0 Å². The van der Waals surface area contributed by atoms with Crippen molar-refractivity contribution < 1.29 is 4.42 Å². The third-order valence-electron chi connectivity index (χ3n) is 10.2. The van der Waals surface area contributed by atoms with Crippen molar-refractivity contribution in [3.63, 3.8) is 0 Å². The molecule has 0 amide bonds. The maximum Gasteiger partial charge on any atom is 0.135 e. The number of nitrogens with zero attached hydrogens (tertiary/aromatic N) is 1. The maximum absolute atomic E-state index is 6.28. The minimum atomic E-state index is 0.872. The van der Waals surface area contributed by atoms with E-state index in [1.165, 1.54) is 49.0 Å². The Morgan fingerprint density at radius 1 is 0.327 bits per heavy atom. The summed E-state index contributed by atoms with van der Waals surface area (Å²) in [6.45, 7) is 0. The van der Waals surface area contributed by atoms with E-state index in [-0.39, 0.29) is 0 Å².